The van der Waals surface area contributed by atoms with Crippen molar-refractivity contribution in [1.29, 1.82) is 0 Å². The summed E-state index contributed by atoms with van der Waals surface area (Å²) in [5.74, 6) is 1.54. The first kappa shape index (κ1) is 34.2. The van der Waals surface area contributed by atoms with Crippen LogP contribution in [-0.2, 0) is 21.1 Å². The molecule has 1 aliphatic rings. The van der Waals surface area contributed by atoms with E-state index in [1.54, 1.807) is 0 Å². The van der Waals surface area contributed by atoms with Gasteiger partial charge in [0.05, 0.1) is 0 Å². The topological polar surface area (TPSA) is 37.2 Å². The van der Waals surface area contributed by atoms with Gasteiger partial charge in [-0.15, -0.1) is 48.1 Å². The van der Waals surface area contributed by atoms with Gasteiger partial charge in [0.1, 0.15) is 5.82 Å². The van der Waals surface area contributed by atoms with E-state index in [2.05, 4.69) is 191 Å². The summed E-state index contributed by atoms with van der Waals surface area (Å²) in [6.45, 7) is 2.10. The van der Waals surface area contributed by atoms with Gasteiger partial charge in [0.25, 0.3) is 0 Å². The summed E-state index contributed by atoms with van der Waals surface area (Å²) in [7, 11) is 0. The van der Waals surface area contributed by atoms with Crippen molar-refractivity contribution in [2.24, 2.45) is 0 Å². The Hall–Kier alpha value is -6.55. The molecule has 3 aromatic heterocycles. The van der Waals surface area contributed by atoms with E-state index in [-0.39, 0.29) is 21.1 Å². The van der Waals surface area contributed by atoms with Crippen LogP contribution in [0, 0.1) is 18.8 Å². The van der Waals surface area contributed by atoms with E-state index < -0.39 is 0 Å². The van der Waals surface area contributed by atoms with Gasteiger partial charge in [-0.25, -0.2) is 4.98 Å². The third kappa shape index (κ3) is 6.13. The Labute approximate surface area is 334 Å². The number of nitrogens with zero attached hydrogens (tertiary/aromatic N) is 5. The molecule has 0 atom stereocenters. The normalized spacial score (nSPS) is 12.1. The second kappa shape index (κ2) is 14.7. The number of benzene rings is 6. The Bertz CT molecular complexity index is 2760. The zero-order valence-electron chi connectivity index (χ0n) is 29.5. The molecule has 0 saturated carbocycles. The Morgan fingerprint density at radius 2 is 1.09 bits per heavy atom. The van der Waals surface area contributed by atoms with Crippen molar-refractivity contribution in [3.63, 3.8) is 0 Å². The van der Waals surface area contributed by atoms with Crippen molar-refractivity contribution in [1.82, 2.24) is 14.5 Å². The maximum absolute atomic E-state index is 4.93. The number of hydrogen-bond acceptors (Lipinski definition) is 4. The van der Waals surface area contributed by atoms with Crippen LogP contribution in [0.4, 0.5) is 22.9 Å². The molecule has 55 heavy (non-hydrogen) atoms. The first-order valence-corrected chi connectivity index (χ1v) is 18.0. The molecule has 0 bridgehead atoms. The van der Waals surface area contributed by atoms with Crippen molar-refractivity contribution in [3.05, 3.63) is 229 Å². The van der Waals surface area contributed by atoms with E-state index in [4.69, 9.17) is 9.97 Å². The fourth-order valence-corrected chi connectivity index (χ4v) is 7.56. The molecule has 0 N–H and O–H groups in total. The summed E-state index contributed by atoms with van der Waals surface area (Å²) in [4.78, 5) is 14.0. The molecule has 0 unspecified atom stereocenters. The molecule has 0 amide bonds. The number of pyridine rings is 2. The summed E-state index contributed by atoms with van der Waals surface area (Å²) in [5, 5.41) is 2.27. The van der Waals surface area contributed by atoms with Gasteiger partial charge >= 0.3 is 0 Å². The van der Waals surface area contributed by atoms with E-state index in [0.29, 0.717) is 5.82 Å². The van der Waals surface area contributed by atoms with Crippen molar-refractivity contribution >= 4 is 55.8 Å². The first-order chi connectivity index (χ1) is 26.8. The molecule has 6 heteroatoms. The van der Waals surface area contributed by atoms with Crippen molar-refractivity contribution in [2.45, 2.75) is 0 Å². The molecule has 6 aromatic carbocycles. The van der Waals surface area contributed by atoms with E-state index in [0.717, 1.165) is 78.1 Å². The predicted octanol–water partition coefficient (Wildman–Crippen LogP) is 11.6. The van der Waals surface area contributed by atoms with Gasteiger partial charge in [-0.1, -0.05) is 121 Å². The second-order valence-electron chi connectivity index (χ2n) is 13.1. The molecule has 1 aliphatic heterocycles. The minimum atomic E-state index is 0. The van der Waals surface area contributed by atoms with Crippen molar-refractivity contribution < 1.29 is 21.1 Å². The van der Waals surface area contributed by atoms with Crippen LogP contribution >= 0.6 is 0 Å². The molecule has 4 heterocycles. The molecule has 0 saturated heterocycles. The van der Waals surface area contributed by atoms with E-state index in [9.17, 15) is 0 Å². The van der Waals surface area contributed by atoms with Crippen molar-refractivity contribution in [3.8, 4) is 5.82 Å². The van der Waals surface area contributed by atoms with E-state index in [1.807, 2.05) is 30.6 Å². The second-order valence-corrected chi connectivity index (χ2v) is 13.1. The zero-order valence-corrected chi connectivity index (χ0v) is 31.8. The van der Waals surface area contributed by atoms with Gasteiger partial charge in [-0.05, 0) is 76.3 Å². The quantitative estimate of drug-likeness (QED) is 0.118. The number of hydrogen-bond donors (Lipinski definition) is 0. The summed E-state index contributed by atoms with van der Waals surface area (Å²) in [5.41, 5.74) is 11.3. The fourth-order valence-electron chi connectivity index (χ4n) is 7.56. The summed E-state index contributed by atoms with van der Waals surface area (Å²) in [6.07, 6.45) is 3.73. The molecule has 10 rings (SSSR count). The third-order valence-electron chi connectivity index (χ3n) is 9.95. The Balaban J connectivity index is 0.00000397. The minimum Gasteiger partial charge on any atom is -0.473 e. The number of anilines is 4. The molecule has 0 radical (unpaired) electrons. The van der Waals surface area contributed by atoms with Gasteiger partial charge < -0.3 is 14.4 Å². The average molecular weight is 886 g/mol. The molecule has 9 aromatic rings. The van der Waals surface area contributed by atoms with Crippen molar-refractivity contribution in [2.75, 3.05) is 9.80 Å². The zero-order chi connectivity index (χ0) is 35.8. The maximum Gasteiger partial charge on any atom is 0.136 e. The summed E-state index contributed by atoms with van der Waals surface area (Å²) >= 11 is 0. The Morgan fingerprint density at radius 3 is 1.80 bits per heavy atom. The van der Waals surface area contributed by atoms with Gasteiger partial charge in [-0.2, -0.15) is 5.56 Å². The standard InChI is InChI=1S/C49H32N5.Pt/c1-4-16-35(17-5-1)48(36-18-6-2-7-19-36)49(37-27-28-41-40-22-10-11-23-42(40)54(45(41)32-37)46-26-14-15-30-50-46)38-29-31-51-47(33-38)53-34-52(39-20-8-3-9-21-39)43-24-12-13-25-44(43)53;/h1-31,34H;/q-3;. The van der Waals surface area contributed by atoms with E-state index in [1.165, 1.54) is 0 Å². The fraction of sp³-hybridized carbons (Fsp3) is 0. The number of para-hydroxylation sites is 4. The molecule has 0 fully saturated rings. The van der Waals surface area contributed by atoms with Gasteiger partial charge in [0.15, 0.2) is 0 Å². The average Bonchev–Trinajstić information content (AvgIpc) is 3.80. The molecule has 0 spiro atoms. The van der Waals surface area contributed by atoms with Crippen LogP contribution in [0.3, 0.4) is 0 Å². The van der Waals surface area contributed by atoms with Gasteiger partial charge in [0, 0.05) is 55.7 Å². The minimum absolute atomic E-state index is 0. The Morgan fingerprint density at radius 1 is 0.473 bits per heavy atom. The molecular formula is C49H32N5Pt-3. The maximum atomic E-state index is 4.93. The van der Waals surface area contributed by atoms with Crippen LogP contribution in [-0.4, -0.2) is 14.5 Å². The third-order valence-corrected chi connectivity index (χ3v) is 9.95. The molecule has 266 valence electrons. The summed E-state index contributed by atoms with van der Waals surface area (Å²) in [6, 6.07) is 68.8. The largest absolute Gasteiger partial charge is 0.473 e. The van der Waals surface area contributed by atoms with Gasteiger partial charge in [0.2, 0.25) is 0 Å². The Kier molecular flexibility index (Phi) is 9.15. The molecular weight excluding hydrogens is 854 g/mol. The van der Waals surface area contributed by atoms with Crippen LogP contribution < -0.4 is 9.80 Å². The molecule has 5 nitrogen and oxygen atoms in total. The number of rotatable bonds is 7. The SMILES string of the molecule is [Pt].[c-]1c(C(=C(c2ccccc2)c2ccccc2)c2[c-]c3c(cc2)c2ccccc2n3-c2ccccn2)ccnc1N1[CH-]N(c2ccccc2)c2ccccc21. The van der Waals surface area contributed by atoms with Crippen LogP contribution in [0.1, 0.15) is 22.3 Å². The van der Waals surface area contributed by atoms with Crippen LogP contribution in [0.15, 0.2) is 188 Å². The monoisotopic (exact) mass is 885 g/mol. The van der Waals surface area contributed by atoms with Gasteiger partial charge in [-0.3, -0.25) is 4.98 Å². The smallest absolute Gasteiger partial charge is 0.136 e. The predicted molar refractivity (Wildman–Crippen MR) is 220 cm³/mol. The first-order valence-electron chi connectivity index (χ1n) is 18.0. The van der Waals surface area contributed by atoms with Crippen LogP contribution in [0.25, 0.3) is 38.8 Å². The number of fused-ring (bicyclic) bond motifs is 4. The van der Waals surface area contributed by atoms with E-state index >= 15 is 0 Å². The summed E-state index contributed by atoms with van der Waals surface area (Å²) < 4.78 is 2.21. The number of aromatic nitrogens is 3. The molecule has 0 aliphatic carbocycles. The van der Waals surface area contributed by atoms with Crippen LogP contribution in [0.2, 0.25) is 0 Å². The van der Waals surface area contributed by atoms with Crippen LogP contribution in [0.5, 0.6) is 0 Å².